The van der Waals surface area contributed by atoms with Gasteiger partial charge in [0.1, 0.15) is 0 Å². The molecule has 3 rings (SSSR count). The van der Waals surface area contributed by atoms with Gasteiger partial charge in [0, 0.05) is 37.3 Å². The number of hydrogen-bond acceptors (Lipinski definition) is 4. The second-order valence-electron chi connectivity index (χ2n) is 6.65. The summed E-state index contributed by atoms with van der Waals surface area (Å²) in [7, 11) is -3.13. The van der Waals surface area contributed by atoms with E-state index in [-0.39, 0.29) is 11.2 Å². The zero-order valence-electron chi connectivity index (χ0n) is 13.8. The first kappa shape index (κ1) is 16.7. The predicted molar refractivity (Wildman–Crippen MR) is 92.2 cm³/mol. The van der Waals surface area contributed by atoms with Crippen molar-refractivity contribution in [1.82, 2.24) is 4.31 Å². The highest BCUT2D eigenvalue weighted by molar-refractivity contribution is 7.89. The average molecular weight is 338 g/mol. The summed E-state index contributed by atoms with van der Waals surface area (Å²) in [5, 5.41) is 0. The van der Waals surface area contributed by atoms with Crippen LogP contribution in [0.2, 0.25) is 0 Å². The topological polar surface area (TPSA) is 49.9 Å². The van der Waals surface area contributed by atoms with Crippen molar-refractivity contribution in [3.05, 3.63) is 30.3 Å². The van der Waals surface area contributed by atoms with Crippen LogP contribution in [0.1, 0.15) is 19.8 Å². The molecule has 1 atom stereocenters. The summed E-state index contributed by atoms with van der Waals surface area (Å²) in [5.74, 6) is 0.173. The van der Waals surface area contributed by atoms with E-state index in [0.717, 1.165) is 25.9 Å². The Kier molecular flexibility index (Phi) is 4.94. The maximum atomic E-state index is 12.3. The molecule has 1 aromatic rings. The van der Waals surface area contributed by atoms with Crippen LogP contribution in [0.3, 0.4) is 0 Å². The first-order valence-electron chi connectivity index (χ1n) is 8.40. The van der Waals surface area contributed by atoms with Gasteiger partial charge in [-0.2, -0.15) is 0 Å². The Bertz CT molecular complexity index is 620. The van der Waals surface area contributed by atoms with Gasteiger partial charge in [-0.05, 0) is 31.9 Å². The predicted octanol–water partition coefficient (Wildman–Crippen LogP) is 1.96. The third kappa shape index (κ3) is 3.70. The molecule has 23 heavy (non-hydrogen) atoms. The Hall–Kier alpha value is -1.11. The van der Waals surface area contributed by atoms with Gasteiger partial charge in [-0.15, -0.1) is 0 Å². The Morgan fingerprint density at radius 3 is 2.70 bits per heavy atom. The Morgan fingerprint density at radius 1 is 1.17 bits per heavy atom. The number of hydrogen-bond donors (Lipinski definition) is 0. The molecular formula is C17H26N2O3S. The van der Waals surface area contributed by atoms with E-state index in [1.807, 2.05) is 18.2 Å². The minimum atomic E-state index is -3.13. The summed E-state index contributed by atoms with van der Waals surface area (Å²) in [4.78, 5) is 2.34. The van der Waals surface area contributed by atoms with E-state index >= 15 is 0 Å². The fourth-order valence-electron chi connectivity index (χ4n) is 3.68. The molecule has 5 nitrogen and oxygen atoms in total. The quantitative estimate of drug-likeness (QED) is 0.845. The van der Waals surface area contributed by atoms with Crippen molar-refractivity contribution in [2.45, 2.75) is 19.8 Å². The van der Waals surface area contributed by atoms with Crippen LogP contribution in [0.5, 0.6) is 0 Å². The van der Waals surface area contributed by atoms with Gasteiger partial charge in [-0.1, -0.05) is 18.2 Å². The van der Waals surface area contributed by atoms with Crippen LogP contribution in [0.15, 0.2) is 30.3 Å². The molecule has 2 heterocycles. The molecule has 0 saturated carbocycles. The lowest BCUT2D eigenvalue weighted by Gasteiger charge is -2.43. The van der Waals surface area contributed by atoms with Gasteiger partial charge in [-0.3, -0.25) is 0 Å². The lowest BCUT2D eigenvalue weighted by Crippen LogP contribution is -2.52. The molecule has 2 aliphatic heterocycles. The molecule has 2 saturated heterocycles. The molecule has 1 spiro atoms. The first-order chi connectivity index (χ1) is 11.0. The maximum Gasteiger partial charge on any atom is 0.213 e. The Balaban J connectivity index is 1.82. The van der Waals surface area contributed by atoms with Crippen molar-refractivity contribution >= 4 is 15.7 Å². The summed E-state index contributed by atoms with van der Waals surface area (Å²) in [5.41, 5.74) is 1.08. The Labute approximate surface area is 139 Å². The van der Waals surface area contributed by atoms with Crippen LogP contribution in [0.25, 0.3) is 0 Å². The second-order valence-corrected chi connectivity index (χ2v) is 8.90. The van der Waals surface area contributed by atoms with Crippen molar-refractivity contribution in [2.75, 3.05) is 50.0 Å². The van der Waals surface area contributed by atoms with Crippen molar-refractivity contribution < 1.29 is 13.2 Å². The van der Waals surface area contributed by atoms with E-state index in [2.05, 4.69) is 17.0 Å². The molecular weight excluding hydrogens is 312 g/mol. The zero-order chi connectivity index (χ0) is 16.3. The summed E-state index contributed by atoms with van der Waals surface area (Å²) in [6.07, 6.45) is 1.93. The number of rotatable bonds is 3. The molecule has 0 N–H and O–H groups in total. The van der Waals surface area contributed by atoms with Crippen LogP contribution in [-0.2, 0) is 14.8 Å². The summed E-state index contributed by atoms with van der Waals surface area (Å²) in [6.45, 7) is 5.98. The monoisotopic (exact) mass is 338 g/mol. The third-order valence-electron chi connectivity index (χ3n) is 4.95. The third-order valence-corrected chi connectivity index (χ3v) is 6.77. The highest BCUT2D eigenvalue weighted by Crippen LogP contribution is 2.35. The number of anilines is 1. The van der Waals surface area contributed by atoms with E-state index in [1.54, 1.807) is 11.2 Å². The fraction of sp³-hybridized carbons (Fsp3) is 0.647. The SMILES string of the molecule is CCS(=O)(=O)N1CCC[C@@]2(COCCN(c3ccccc3)C2)C1. The highest BCUT2D eigenvalue weighted by atomic mass is 32.2. The van der Waals surface area contributed by atoms with Gasteiger partial charge in [0.05, 0.1) is 19.0 Å². The zero-order valence-corrected chi connectivity index (χ0v) is 14.6. The Morgan fingerprint density at radius 2 is 1.96 bits per heavy atom. The lowest BCUT2D eigenvalue weighted by molar-refractivity contribution is 0.0351. The first-order valence-corrected chi connectivity index (χ1v) is 10.0. The van der Waals surface area contributed by atoms with E-state index in [9.17, 15) is 8.42 Å². The van der Waals surface area contributed by atoms with Crippen molar-refractivity contribution in [3.63, 3.8) is 0 Å². The molecule has 6 heteroatoms. The van der Waals surface area contributed by atoms with Gasteiger partial charge in [-0.25, -0.2) is 12.7 Å². The molecule has 0 aliphatic carbocycles. The van der Waals surface area contributed by atoms with Crippen molar-refractivity contribution in [2.24, 2.45) is 5.41 Å². The molecule has 0 bridgehead atoms. The van der Waals surface area contributed by atoms with E-state index in [1.165, 1.54) is 5.69 Å². The van der Waals surface area contributed by atoms with E-state index in [0.29, 0.717) is 26.3 Å². The molecule has 0 aromatic heterocycles. The van der Waals surface area contributed by atoms with E-state index < -0.39 is 10.0 Å². The van der Waals surface area contributed by atoms with Crippen LogP contribution >= 0.6 is 0 Å². The molecule has 0 unspecified atom stereocenters. The molecule has 128 valence electrons. The van der Waals surface area contributed by atoms with Gasteiger partial charge in [0.25, 0.3) is 0 Å². The minimum Gasteiger partial charge on any atom is -0.379 e. The smallest absolute Gasteiger partial charge is 0.213 e. The average Bonchev–Trinajstić information content (AvgIpc) is 2.78. The van der Waals surface area contributed by atoms with Crippen LogP contribution < -0.4 is 4.90 Å². The summed E-state index contributed by atoms with van der Waals surface area (Å²) >= 11 is 0. The molecule has 1 aromatic carbocycles. The van der Waals surface area contributed by atoms with Crippen molar-refractivity contribution in [1.29, 1.82) is 0 Å². The largest absolute Gasteiger partial charge is 0.379 e. The van der Waals surface area contributed by atoms with E-state index in [4.69, 9.17) is 4.74 Å². The normalized spacial score (nSPS) is 27.1. The van der Waals surface area contributed by atoms with Gasteiger partial charge in [0.15, 0.2) is 0 Å². The number of piperidine rings is 1. The standard InChI is InChI=1S/C17H26N2O3S/c1-2-23(20,21)19-10-6-9-17(14-19)13-18(11-12-22-15-17)16-7-4-3-5-8-16/h3-5,7-8H,2,6,9-15H2,1H3/t17-/m0/s1. The minimum absolute atomic E-state index is 0.104. The number of ether oxygens (including phenoxy) is 1. The number of nitrogens with zero attached hydrogens (tertiary/aromatic N) is 2. The van der Waals surface area contributed by atoms with Crippen LogP contribution in [0, 0.1) is 5.41 Å². The summed E-state index contributed by atoms with van der Waals surface area (Å²) < 4.78 is 32.1. The maximum absolute atomic E-state index is 12.3. The fourth-order valence-corrected chi connectivity index (χ4v) is 4.92. The van der Waals surface area contributed by atoms with Gasteiger partial charge >= 0.3 is 0 Å². The summed E-state index contributed by atoms with van der Waals surface area (Å²) in [6, 6.07) is 10.3. The number of para-hydroxylation sites is 1. The molecule has 2 aliphatic rings. The van der Waals surface area contributed by atoms with Gasteiger partial charge < -0.3 is 9.64 Å². The number of sulfonamides is 1. The molecule has 0 amide bonds. The van der Waals surface area contributed by atoms with Crippen LogP contribution in [-0.4, -0.2) is 57.9 Å². The van der Waals surface area contributed by atoms with Crippen molar-refractivity contribution in [3.8, 4) is 0 Å². The number of benzene rings is 1. The molecule has 0 radical (unpaired) electrons. The molecule has 2 fully saturated rings. The second kappa shape index (κ2) is 6.79. The van der Waals surface area contributed by atoms with Gasteiger partial charge in [0.2, 0.25) is 10.0 Å². The lowest BCUT2D eigenvalue weighted by atomic mass is 9.81. The highest BCUT2D eigenvalue weighted by Gasteiger charge is 2.41. The van der Waals surface area contributed by atoms with Crippen LogP contribution in [0.4, 0.5) is 5.69 Å².